The van der Waals surface area contributed by atoms with Crippen LogP contribution in [0.1, 0.15) is 35.2 Å². The van der Waals surface area contributed by atoms with Crippen molar-refractivity contribution in [2.45, 2.75) is 26.2 Å². The van der Waals surface area contributed by atoms with E-state index in [4.69, 9.17) is 0 Å². The number of carbonyl (C=O) groups is 2. The molecule has 0 radical (unpaired) electrons. The van der Waals surface area contributed by atoms with Crippen molar-refractivity contribution in [1.82, 2.24) is 10.2 Å². The molecule has 0 unspecified atom stereocenters. The lowest BCUT2D eigenvalue weighted by Crippen LogP contribution is -2.41. The zero-order valence-electron chi connectivity index (χ0n) is 11.3. The lowest BCUT2D eigenvalue weighted by molar-refractivity contribution is -0.133. The van der Waals surface area contributed by atoms with E-state index in [0.717, 1.165) is 24.9 Å². The average molecular weight is 260 g/mol. The van der Waals surface area contributed by atoms with Crippen LogP contribution in [0.25, 0.3) is 0 Å². The number of hydrogen-bond donors (Lipinski definition) is 1. The second-order valence-corrected chi connectivity index (χ2v) is 4.91. The number of amides is 2. The fourth-order valence-electron chi connectivity index (χ4n) is 2.33. The third-order valence-electron chi connectivity index (χ3n) is 3.48. The Morgan fingerprint density at radius 3 is 2.84 bits per heavy atom. The number of carbonyl (C=O) groups excluding carboxylic acids is 2. The Kier molecular flexibility index (Phi) is 4.55. The molecule has 0 aromatic heterocycles. The second-order valence-electron chi connectivity index (χ2n) is 4.91. The van der Waals surface area contributed by atoms with Crippen LogP contribution in [0.5, 0.6) is 0 Å². The number of rotatable bonds is 4. The summed E-state index contributed by atoms with van der Waals surface area (Å²) >= 11 is 0. The Balaban J connectivity index is 1.81. The molecule has 1 N–H and O–H groups in total. The molecule has 1 aromatic carbocycles. The largest absolute Gasteiger partial charge is 0.350 e. The predicted molar refractivity (Wildman–Crippen MR) is 73.9 cm³/mol. The molecule has 0 atom stereocenters. The minimum atomic E-state index is -0.0671. The van der Waals surface area contributed by atoms with Crippen molar-refractivity contribution >= 4 is 11.8 Å². The number of aryl methyl sites for hydroxylation is 1. The molecule has 4 nitrogen and oxygen atoms in total. The predicted octanol–water partition coefficient (Wildman–Crippen LogP) is 1.74. The molecule has 1 aliphatic rings. The van der Waals surface area contributed by atoms with Gasteiger partial charge in [-0.05, 0) is 31.4 Å². The summed E-state index contributed by atoms with van der Waals surface area (Å²) in [5.41, 5.74) is 1.67. The maximum atomic E-state index is 12.0. The van der Waals surface area contributed by atoms with Crippen molar-refractivity contribution in [3.05, 3.63) is 35.4 Å². The van der Waals surface area contributed by atoms with Crippen LogP contribution in [0.15, 0.2) is 24.3 Å². The van der Waals surface area contributed by atoms with E-state index in [1.807, 2.05) is 36.1 Å². The smallest absolute Gasteiger partial charge is 0.251 e. The van der Waals surface area contributed by atoms with E-state index in [-0.39, 0.29) is 11.8 Å². The topological polar surface area (TPSA) is 49.4 Å². The maximum absolute atomic E-state index is 12.0. The minimum absolute atomic E-state index is 0.0671. The summed E-state index contributed by atoms with van der Waals surface area (Å²) in [5, 5.41) is 2.87. The summed E-state index contributed by atoms with van der Waals surface area (Å²) in [7, 11) is 0. The molecular formula is C15H20N2O2. The molecule has 19 heavy (non-hydrogen) atoms. The molecule has 0 saturated carbocycles. The standard InChI is InChI=1S/C15H20N2O2/c1-12-6-2-3-7-13(12)15(19)16-9-11-17-10-5-4-8-14(17)18/h2-3,6-7H,4-5,8-11H2,1H3,(H,16,19). The van der Waals surface area contributed by atoms with Gasteiger partial charge in [-0.25, -0.2) is 0 Å². The van der Waals surface area contributed by atoms with Crippen LogP contribution in [-0.2, 0) is 4.79 Å². The number of piperidine rings is 1. The van der Waals surface area contributed by atoms with Crippen LogP contribution in [-0.4, -0.2) is 36.3 Å². The molecular weight excluding hydrogens is 240 g/mol. The van der Waals surface area contributed by atoms with Crippen molar-refractivity contribution in [3.8, 4) is 0 Å². The lowest BCUT2D eigenvalue weighted by Gasteiger charge is -2.26. The van der Waals surface area contributed by atoms with Gasteiger partial charge in [0.25, 0.3) is 5.91 Å². The summed E-state index contributed by atoms with van der Waals surface area (Å²) in [5.74, 6) is 0.138. The molecule has 0 aliphatic carbocycles. The molecule has 1 saturated heterocycles. The van der Waals surface area contributed by atoms with E-state index in [2.05, 4.69) is 5.32 Å². The Hall–Kier alpha value is -1.84. The van der Waals surface area contributed by atoms with Crippen molar-refractivity contribution in [2.75, 3.05) is 19.6 Å². The number of likely N-dealkylation sites (tertiary alicyclic amines) is 1. The number of benzene rings is 1. The number of hydrogen-bond acceptors (Lipinski definition) is 2. The quantitative estimate of drug-likeness (QED) is 0.896. The summed E-state index contributed by atoms with van der Waals surface area (Å²) in [6.45, 7) is 3.86. The molecule has 2 amide bonds. The molecule has 1 aromatic rings. The van der Waals surface area contributed by atoms with Crippen molar-refractivity contribution < 1.29 is 9.59 Å². The van der Waals surface area contributed by atoms with Gasteiger partial charge in [0.2, 0.25) is 5.91 Å². The highest BCUT2D eigenvalue weighted by Gasteiger charge is 2.17. The van der Waals surface area contributed by atoms with E-state index in [1.165, 1.54) is 0 Å². The van der Waals surface area contributed by atoms with Gasteiger partial charge in [-0.1, -0.05) is 18.2 Å². The SMILES string of the molecule is Cc1ccccc1C(=O)NCCN1CCCCC1=O. The highest BCUT2D eigenvalue weighted by molar-refractivity contribution is 5.95. The summed E-state index contributed by atoms with van der Waals surface area (Å²) in [4.78, 5) is 25.4. The van der Waals surface area contributed by atoms with Crippen molar-refractivity contribution in [3.63, 3.8) is 0 Å². The van der Waals surface area contributed by atoms with Gasteiger partial charge in [0.05, 0.1) is 0 Å². The first kappa shape index (κ1) is 13.6. The molecule has 0 bridgehead atoms. The van der Waals surface area contributed by atoms with Crippen molar-refractivity contribution in [1.29, 1.82) is 0 Å². The van der Waals surface area contributed by atoms with E-state index in [1.54, 1.807) is 0 Å². The van der Waals surface area contributed by atoms with E-state index < -0.39 is 0 Å². The van der Waals surface area contributed by atoms with E-state index in [0.29, 0.717) is 25.1 Å². The molecule has 2 rings (SSSR count). The Bertz CT molecular complexity index is 471. The van der Waals surface area contributed by atoms with Gasteiger partial charge in [-0.3, -0.25) is 9.59 Å². The molecule has 0 spiro atoms. The summed E-state index contributed by atoms with van der Waals surface area (Å²) in [6.07, 6.45) is 2.70. The fraction of sp³-hybridized carbons (Fsp3) is 0.467. The first-order valence-corrected chi connectivity index (χ1v) is 6.80. The Morgan fingerprint density at radius 2 is 2.11 bits per heavy atom. The minimum Gasteiger partial charge on any atom is -0.350 e. The molecule has 1 aliphatic heterocycles. The third kappa shape index (κ3) is 3.56. The first-order valence-electron chi connectivity index (χ1n) is 6.80. The third-order valence-corrected chi connectivity index (χ3v) is 3.48. The van der Waals surface area contributed by atoms with E-state index >= 15 is 0 Å². The average Bonchev–Trinajstić information content (AvgIpc) is 2.41. The van der Waals surface area contributed by atoms with Gasteiger partial charge in [0, 0.05) is 31.6 Å². The highest BCUT2D eigenvalue weighted by atomic mass is 16.2. The van der Waals surface area contributed by atoms with Crippen molar-refractivity contribution in [2.24, 2.45) is 0 Å². The van der Waals surface area contributed by atoms with Gasteiger partial charge in [0.15, 0.2) is 0 Å². The van der Waals surface area contributed by atoms with Gasteiger partial charge in [-0.15, -0.1) is 0 Å². The van der Waals surface area contributed by atoms with Crippen LogP contribution in [0, 0.1) is 6.92 Å². The maximum Gasteiger partial charge on any atom is 0.251 e. The van der Waals surface area contributed by atoms with Crippen LogP contribution < -0.4 is 5.32 Å². The van der Waals surface area contributed by atoms with Gasteiger partial charge >= 0.3 is 0 Å². The first-order chi connectivity index (χ1) is 9.18. The Morgan fingerprint density at radius 1 is 1.32 bits per heavy atom. The normalized spacial score (nSPS) is 15.4. The van der Waals surface area contributed by atoms with Gasteiger partial charge in [-0.2, -0.15) is 0 Å². The summed E-state index contributed by atoms with van der Waals surface area (Å²) < 4.78 is 0. The molecule has 4 heteroatoms. The zero-order valence-corrected chi connectivity index (χ0v) is 11.3. The van der Waals surface area contributed by atoms with Gasteiger partial charge < -0.3 is 10.2 Å². The molecule has 102 valence electrons. The fourth-order valence-corrected chi connectivity index (χ4v) is 2.33. The lowest BCUT2D eigenvalue weighted by atomic mass is 10.1. The van der Waals surface area contributed by atoms with Gasteiger partial charge in [0.1, 0.15) is 0 Å². The highest BCUT2D eigenvalue weighted by Crippen LogP contribution is 2.10. The van der Waals surface area contributed by atoms with E-state index in [9.17, 15) is 9.59 Å². The molecule has 1 fully saturated rings. The number of nitrogens with zero attached hydrogens (tertiary/aromatic N) is 1. The Labute approximate surface area is 113 Å². The van der Waals surface area contributed by atoms with Crippen LogP contribution in [0.4, 0.5) is 0 Å². The zero-order chi connectivity index (χ0) is 13.7. The second kappa shape index (κ2) is 6.36. The number of nitrogens with one attached hydrogen (secondary N) is 1. The van der Waals surface area contributed by atoms with Crippen LogP contribution in [0.2, 0.25) is 0 Å². The molecule has 1 heterocycles. The van der Waals surface area contributed by atoms with Crippen LogP contribution >= 0.6 is 0 Å². The van der Waals surface area contributed by atoms with Crippen LogP contribution in [0.3, 0.4) is 0 Å². The monoisotopic (exact) mass is 260 g/mol. The summed E-state index contributed by atoms with van der Waals surface area (Å²) in [6, 6.07) is 7.51.